The molecular weight excluding hydrogens is 438 g/mol. The molecule has 1 aromatic heterocycles. The molecule has 0 spiro atoms. The molecule has 2 aromatic carbocycles. The number of aromatic nitrogens is 2. The number of hydrogen-bond acceptors (Lipinski definition) is 8. The summed E-state index contributed by atoms with van der Waals surface area (Å²) in [7, 11) is 1.63. The Labute approximate surface area is 196 Å². The largest absolute Gasteiger partial charge is 0.496 e. The number of hydrogen-bond donors (Lipinski definition) is 2. The maximum Gasteiger partial charge on any atom is 0.339 e. The monoisotopic (exact) mass is 463 g/mol. The van der Waals surface area contributed by atoms with Crippen LogP contribution >= 0.6 is 0 Å². The van der Waals surface area contributed by atoms with Gasteiger partial charge in [-0.15, -0.1) is 0 Å². The summed E-state index contributed by atoms with van der Waals surface area (Å²) in [4.78, 5) is 20.2. The van der Waals surface area contributed by atoms with Crippen molar-refractivity contribution in [2.75, 3.05) is 32.2 Å². The van der Waals surface area contributed by atoms with Gasteiger partial charge in [0.25, 0.3) is 0 Å². The highest BCUT2D eigenvalue weighted by molar-refractivity contribution is 5.92. The molecule has 9 nitrogen and oxygen atoms in total. The molecule has 1 aliphatic carbocycles. The Hall–Kier alpha value is -4.01. The summed E-state index contributed by atoms with van der Waals surface area (Å²) < 4.78 is 22.6. The fourth-order valence-electron chi connectivity index (χ4n) is 3.76. The maximum absolute atomic E-state index is 11.5. The van der Waals surface area contributed by atoms with Crippen molar-refractivity contribution in [2.45, 2.75) is 25.4 Å². The van der Waals surface area contributed by atoms with E-state index in [0.717, 1.165) is 35.5 Å². The summed E-state index contributed by atoms with van der Waals surface area (Å²) in [6.45, 7) is 1.67. The summed E-state index contributed by atoms with van der Waals surface area (Å²) >= 11 is 0. The van der Waals surface area contributed by atoms with Gasteiger partial charge < -0.3 is 29.4 Å². The second-order valence-electron chi connectivity index (χ2n) is 8.11. The Balaban J connectivity index is 1.29. The fourth-order valence-corrected chi connectivity index (χ4v) is 3.76. The zero-order valence-electron chi connectivity index (χ0n) is 18.7. The summed E-state index contributed by atoms with van der Waals surface area (Å²) in [5.41, 5.74) is 2.59. The molecule has 2 heterocycles. The lowest BCUT2D eigenvalue weighted by Gasteiger charge is -2.20. The van der Waals surface area contributed by atoms with Crippen LogP contribution in [-0.4, -0.2) is 54.0 Å². The van der Waals surface area contributed by atoms with Crippen molar-refractivity contribution in [1.29, 1.82) is 0 Å². The minimum absolute atomic E-state index is 0.0912. The minimum Gasteiger partial charge on any atom is -0.496 e. The SMILES string of the molecule is COc1cc2c(cc1CCNc1cc(-c3ccc(C(=O)O)c(OC4CC4)c3)ncn1)OCCO2. The molecule has 0 unspecified atom stereocenters. The molecule has 9 heteroatoms. The van der Waals surface area contributed by atoms with Crippen LogP contribution in [0.25, 0.3) is 11.3 Å². The third-order valence-corrected chi connectivity index (χ3v) is 5.64. The zero-order valence-corrected chi connectivity index (χ0v) is 18.7. The predicted octanol–water partition coefficient (Wildman–Crippen LogP) is 3.82. The Morgan fingerprint density at radius 3 is 2.62 bits per heavy atom. The molecule has 0 saturated heterocycles. The lowest BCUT2D eigenvalue weighted by Crippen LogP contribution is -2.16. The molecule has 3 aromatic rings. The first-order valence-electron chi connectivity index (χ1n) is 11.2. The topological polar surface area (TPSA) is 112 Å². The molecule has 0 radical (unpaired) electrons. The van der Waals surface area contributed by atoms with Gasteiger partial charge in [0.15, 0.2) is 11.5 Å². The summed E-state index contributed by atoms with van der Waals surface area (Å²) in [6, 6.07) is 10.7. The quantitative estimate of drug-likeness (QED) is 0.489. The molecule has 2 N–H and O–H groups in total. The van der Waals surface area contributed by atoms with Crippen LogP contribution in [0.4, 0.5) is 5.82 Å². The van der Waals surface area contributed by atoms with Crippen LogP contribution in [-0.2, 0) is 6.42 Å². The number of carboxylic acids is 1. The van der Waals surface area contributed by atoms with Crippen molar-refractivity contribution in [3.8, 4) is 34.3 Å². The Morgan fingerprint density at radius 2 is 1.88 bits per heavy atom. The molecular formula is C25H25N3O6. The van der Waals surface area contributed by atoms with Gasteiger partial charge in [0, 0.05) is 24.2 Å². The molecule has 2 aliphatic rings. The lowest BCUT2D eigenvalue weighted by atomic mass is 10.1. The van der Waals surface area contributed by atoms with Gasteiger partial charge in [-0.05, 0) is 43.0 Å². The van der Waals surface area contributed by atoms with Crippen LogP contribution in [0, 0.1) is 0 Å². The first kappa shape index (κ1) is 21.8. The second kappa shape index (κ2) is 9.46. The van der Waals surface area contributed by atoms with Gasteiger partial charge >= 0.3 is 5.97 Å². The first-order valence-corrected chi connectivity index (χ1v) is 11.2. The third kappa shape index (κ3) is 4.83. The zero-order chi connectivity index (χ0) is 23.5. The number of nitrogens with one attached hydrogen (secondary N) is 1. The van der Waals surface area contributed by atoms with E-state index in [1.54, 1.807) is 25.3 Å². The molecule has 1 saturated carbocycles. The van der Waals surface area contributed by atoms with Crippen molar-refractivity contribution in [3.05, 3.63) is 53.9 Å². The van der Waals surface area contributed by atoms with Crippen LogP contribution in [0.15, 0.2) is 42.7 Å². The van der Waals surface area contributed by atoms with Crippen LogP contribution < -0.4 is 24.3 Å². The molecule has 176 valence electrons. The average Bonchev–Trinajstić information content (AvgIpc) is 3.67. The van der Waals surface area contributed by atoms with Gasteiger partial charge in [-0.2, -0.15) is 0 Å². The molecule has 0 atom stereocenters. The van der Waals surface area contributed by atoms with Crippen LogP contribution in [0.5, 0.6) is 23.0 Å². The van der Waals surface area contributed by atoms with E-state index in [9.17, 15) is 9.90 Å². The number of carboxylic acid groups (broad SMARTS) is 1. The van der Waals surface area contributed by atoms with Crippen molar-refractivity contribution >= 4 is 11.8 Å². The van der Waals surface area contributed by atoms with Crippen molar-refractivity contribution in [3.63, 3.8) is 0 Å². The van der Waals surface area contributed by atoms with Crippen LogP contribution in [0.2, 0.25) is 0 Å². The highest BCUT2D eigenvalue weighted by Crippen LogP contribution is 2.37. The molecule has 34 heavy (non-hydrogen) atoms. The second-order valence-corrected chi connectivity index (χ2v) is 8.11. The predicted molar refractivity (Wildman–Crippen MR) is 124 cm³/mol. The van der Waals surface area contributed by atoms with Gasteiger partial charge in [-0.25, -0.2) is 14.8 Å². The van der Waals surface area contributed by atoms with Crippen molar-refractivity contribution in [1.82, 2.24) is 9.97 Å². The molecule has 1 fully saturated rings. The Kier molecular flexibility index (Phi) is 6.07. The highest BCUT2D eigenvalue weighted by Gasteiger charge is 2.26. The smallest absolute Gasteiger partial charge is 0.339 e. The van der Waals surface area contributed by atoms with E-state index >= 15 is 0 Å². The number of rotatable bonds is 9. The van der Waals surface area contributed by atoms with Gasteiger partial charge in [0.05, 0.1) is 18.9 Å². The fraction of sp³-hybridized carbons (Fsp3) is 0.320. The highest BCUT2D eigenvalue weighted by atomic mass is 16.6. The van der Waals surface area contributed by atoms with Crippen LogP contribution in [0.3, 0.4) is 0 Å². The van der Waals surface area contributed by atoms with Gasteiger partial charge in [-0.3, -0.25) is 0 Å². The van der Waals surface area contributed by atoms with Crippen molar-refractivity contribution < 1.29 is 28.8 Å². The standard InChI is InChI=1S/C25H25N3O6/c1-31-20-13-23-22(32-8-9-33-23)11-16(20)6-7-26-24-12-19(27-14-28-24)15-2-5-18(25(29)30)21(10-15)34-17-3-4-17/h2,5,10-14,17H,3-4,6-9H2,1H3,(H,29,30)(H,26,27,28). The van der Waals surface area contributed by atoms with Gasteiger partial charge in [0.2, 0.25) is 0 Å². The number of nitrogens with zero attached hydrogens (tertiary/aromatic N) is 2. The van der Waals surface area contributed by atoms with Crippen molar-refractivity contribution in [2.24, 2.45) is 0 Å². The van der Waals surface area contributed by atoms with E-state index in [1.165, 1.54) is 6.33 Å². The molecule has 0 bridgehead atoms. The van der Waals surface area contributed by atoms with E-state index < -0.39 is 5.97 Å². The molecule has 5 rings (SSSR count). The van der Waals surface area contributed by atoms with E-state index in [2.05, 4.69) is 15.3 Å². The first-order chi connectivity index (χ1) is 16.6. The number of methoxy groups -OCH3 is 1. The number of carbonyl (C=O) groups is 1. The molecule has 1 aliphatic heterocycles. The summed E-state index contributed by atoms with van der Waals surface area (Å²) in [5.74, 6) is 2.18. The minimum atomic E-state index is -1.01. The third-order valence-electron chi connectivity index (χ3n) is 5.64. The number of anilines is 1. The van der Waals surface area contributed by atoms with E-state index in [0.29, 0.717) is 49.2 Å². The number of fused-ring (bicyclic) bond motifs is 1. The van der Waals surface area contributed by atoms with E-state index in [1.807, 2.05) is 18.2 Å². The lowest BCUT2D eigenvalue weighted by molar-refractivity contribution is 0.0692. The van der Waals surface area contributed by atoms with Gasteiger partial charge in [-0.1, -0.05) is 6.07 Å². The number of aromatic carboxylic acids is 1. The number of ether oxygens (including phenoxy) is 4. The average molecular weight is 463 g/mol. The molecule has 0 amide bonds. The van der Waals surface area contributed by atoms with E-state index in [4.69, 9.17) is 18.9 Å². The van der Waals surface area contributed by atoms with Gasteiger partial charge in [0.1, 0.15) is 42.4 Å². The Bertz CT molecular complexity index is 1210. The van der Waals surface area contributed by atoms with E-state index in [-0.39, 0.29) is 11.7 Å². The maximum atomic E-state index is 11.5. The summed E-state index contributed by atoms with van der Waals surface area (Å²) in [5, 5.41) is 12.8. The normalized spacial score (nSPS) is 14.4. The summed E-state index contributed by atoms with van der Waals surface area (Å²) in [6.07, 6.45) is 4.15. The number of benzene rings is 2. The Morgan fingerprint density at radius 1 is 1.09 bits per heavy atom. The van der Waals surface area contributed by atoms with Crippen LogP contribution in [0.1, 0.15) is 28.8 Å².